The normalized spacial score (nSPS) is 27.9. The van der Waals surface area contributed by atoms with Crippen molar-refractivity contribution < 1.29 is 23.7 Å². The lowest BCUT2D eigenvalue weighted by Crippen LogP contribution is -2.52. The monoisotopic (exact) mass is 691 g/mol. The van der Waals surface area contributed by atoms with Crippen molar-refractivity contribution >= 4 is 39.2 Å². The third-order valence-electron chi connectivity index (χ3n) is 11.5. The van der Waals surface area contributed by atoms with E-state index in [1.807, 2.05) is 11.0 Å². The van der Waals surface area contributed by atoms with Crippen LogP contribution in [-0.2, 0) is 4.74 Å². The minimum Gasteiger partial charge on any atom is -0.480 e. The number of rotatable bonds is 8. The van der Waals surface area contributed by atoms with Crippen molar-refractivity contribution in [1.29, 1.82) is 0 Å². The molecule has 0 radical (unpaired) electrons. The summed E-state index contributed by atoms with van der Waals surface area (Å²) in [4.78, 5) is 19.2. The Balaban J connectivity index is 1.20. The quantitative estimate of drug-likeness (QED) is 0.227. The second-order valence-corrected chi connectivity index (χ2v) is 15.6. The Labute approximate surface area is 289 Å². The van der Waals surface area contributed by atoms with Crippen LogP contribution < -0.4 is 14.4 Å². The van der Waals surface area contributed by atoms with Crippen LogP contribution in [0.4, 0.5) is 10.2 Å². The van der Waals surface area contributed by atoms with Crippen molar-refractivity contribution in [1.82, 2.24) is 30.0 Å². The number of piperidine rings is 1. The van der Waals surface area contributed by atoms with Gasteiger partial charge in [-0.15, -0.1) is 0 Å². The predicted molar refractivity (Wildman–Crippen MR) is 184 cm³/mol. The molecule has 9 rings (SSSR count). The number of pyridine rings is 1. The number of likely N-dealkylation sites (tertiary alicyclic amines) is 1. The highest BCUT2D eigenvalue weighted by Gasteiger charge is 2.51. The number of nitrogens with zero attached hydrogens (tertiary/aromatic N) is 6. The summed E-state index contributed by atoms with van der Waals surface area (Å²) in [5, 5.41) is 20.0. The molecule has 5 fully saturated rings. The number of fused-ring (bicyclic) bond motifs is 3. The summed E-state index contributed by atoms with van der Waals surface area (Å²) in [7, 11) is 1.51. The summed E-state index contributed by atoms with van der Waals surface area (Å²) < 4.78 is 35.6. The SMILES string of the molecule is COc1nc(-c2c(C3CC3)c(Cl)cc3[nH]ncc23)c(F)c2nc(OCC34CCCC3N(C3CC3)CCC4)nc(N3CCOCC(C)(O)C3)c12. The van der Waals surface area contributed by atoms with Crippen LogP contribution in [0.15, 0.2) is 12.3 Å². The van der Waals surface area contributed by atoms with Crippen molar-refractivity contribution in [2.24, 2.45) is 5.41 Å². The van der Waals surface area contributed by atoms with E-state index in [1.54, 1.807) is 13.1 Å². The van der Waals surface area contributed by atoms with Crippen LogP contribution in [0, 0.1) is 11.2 Å². The minimum absolute atomic E-state index is 0.0198. The van der Waals surface area contributed by atoms with Gasteiger partial charge >= 0.3 is 6.01 Å². The highest BCUT2D eigenvalue weighted by Crippen LogP contribution is 2.52. The number of ether oxygens (including phenoxy) is 3. The molecule has 5 heterocycles. The van der Waals surface area contributed by atoms with Crippen LogP contribution in [-0.4, -0.2) is 99.4 Å². The molecule has 3 aromatic heterocycles. The summed E-state index contributed by atoms with van der Waals surface area (Å²) in [6.07, 6.45) is 11.9. The molecular formula is C36H43ClFN7O4. The van der Waals surface area contributed by atoms with E-state index in [1.165, 1.54) is 32.8 Å². The number of anilines is 1. The minimum atomic E-state index is -1.16. The Morgan fingerprint density at radius 2 is 1.96 bits per heavy atom. The zero-order valence-corrected chi connectivity index (χ0v) is 28.9. The average Bonchev–Trinajstić information content (AvgIpc) is 4.03. The first kappa shape index (κ1) is 31.6. The number of nitrogens with one attached hydrogen (secondary N) is 1. The van der Waals surface area contributed by atoms with Crippen LogP contribution in [0.25, 0.3) is 33.1 Å². The maximum atomic E-state index is 17.4. The summed E-state index contributed by atoms with van der Waals surface area (Å²) in [6, 6.07) is 3.14. The van der Waals surface area contributed by atoms with E-state index in [0.29, 0.717) is 59.1 Å². The van der Waals surface area contributed by atoms with Crippen LogP contribution in [0.5, 0.6) is 11.9 Å². The van der Waals surface area contributed by atoms with Gasteiger partial charge in [-0.25, -0.2) is 9.37 Å². The third kappa shape index (κ3) is 5.50. The molecule has 2 saturated heterocycles. The van der Waals surface area contributed by atoms with Gasteiger partial charge in [0, 0.05) is 40.0 Å². The molecule has 3 aliphatic carbocycles. The lowest BCUT2D eigenvalue weighted by atomic mass is 9.75. The van der Waals surface area contributed by atoms with Crippen LogP contribution >= 0.6 is 11.6 Å². The molecule has 260 valence electrons. The topological polar surface area (TPSA) is 122 Å². The number of aliphatic hydroxyl groups is 1. The molecule has 3 saturated carbocycles. The Bertz CT molecular complexity index is 1930. The standard InChI is InChI=1S/C36H43ClFN7O4/c1-35(46)17-44(13-14-48-18-35)32-28-31(41-34(42-32)49-19-36-10-3-5-25(36)45(12-4-11-36)21-8-9-21)29(38)30(40-33(28)47-2)27-22-16-39-43-24(22)15-23(37)26(27)20-6-7-20/h15-16,20-21,25,46H,3-14,17-19H2,1-2H3,(H,39,43). The molecule has 49 heavy (non-hydrogen) atoms. The number of benzene rings is 1. The van der Waals surface area contributed by atoms with Gasteiger partial charge in [-0.1, -0.05) is 18.0 Å². The number of H-pyrrole nitrogens is 1. The van der Waals surface area contributed by atoms with Crippen molar-refractivity contribution in [3.05, 3.63) is 28.7 Å². The van der Waals surface area contributed by atoms with Crippen LogP contribution in [0.1, 0.15) is 76.2 Å². The van der Waals surface area contributed by atoms with E-state index in [-0.39, 0.29) is 47.6 Å². The van der Waals surface area contributed by atoms with Gasteiger partial charge in [0.2, 0.25) is 5.88 Å². The van der Waals surface area contributed by atoms with Gasteiger partial charge in [-0.2, -0.15) is 15.1 Å². The fraction of sp³-hybridized carbons (Fsp3) is 0.611. The molecule has 4 aromatic rings. The number of aromatic nitrogens is 5. The number of methoxy groups -OCH3 is 1. The first-order valence-electron chi connectivity index (χ1n) is 17.8. The highest BCUT2D eigenvalue weighted by molar-refractivity contribution is 6.33. The van der Waals surface area contributed by atoms with Crippen molar-refractivity contribution in [2.45, 2.75) is 88.3 Å². The zero-order chi connectivity index (χ0) is 33.5. The van der Waals surface area contributed by atoms with Crippen molar-refractivity contribution in [3.63, 3.8) is 0 Å². The Morgan fingerprint density at radius 1 is 1.12 bits per heavy atom. The summed E-state index contributed by atoms with van der Waals surface area (Å²) >= 11 is 6.86. The zero-order valence-electron chi connectivity index (χ0n) is 28.1. The maximum Gasteiger partial charge on any atom is 0.319 e. The van der Waals surface area contributed by atoms with E-state index in [0.717, 1.165) is 49.6 Å². The van der Waals surface area contributed by atoms with Gasteiger partial charge in [0.15, 0.2) is 5.82 Å². The molecule has 2 aliphatic heterocycles. The molecule has 0 bridgehead atoms. The Morgan fingerprint density at radius 3 is 2.76 bits per heavy atom. The summed E-state index contributed by atoms with van der Waals surface area (Å²) in [5.41, 5.74) is 1.16. The molecule has 1 aromatic carbocycles. The molecule has 13 heteroatoms. The number of halogens is 2. The van der Waals surface area contributed by atoms with Gasteiger partial charge < -0.3 is 24.2 Å². The van der Waals surface area contributed by atoms with E-state index in [2.05, 4.69) is 15.1 Å². The predicted octanol–water partition coefficient (Wildman–Crippen LogP) is 6.01. The number of β-amino-alcohol motifs (C(OH)–C–C–N with tert-alkyl or cyclic N) is 1. The molecule has 5 aliphatic rings. The number of hydrogen-bond donors (Lipinski definition) is 2. The van der Waals surface area contributed by atoms with E-state index in [4.69, 9.17) is 40.8 Å². The second-order valence-electron chi connectivity index (χ2n) is 15.2. The fourth-order valence-electron chi connectivity index (χ4n) is 8.99. The van der Waals surface area contributed by atoms with E-state index in [9.17, 15) is 5.11 Å². The van der Waals surface area contributed by atoms with Gasteiger partial charge in [-0.05, 0) is 82.4 Å². The number of hydrogen-bond acceptors (Lipinski definition) is 10. The van der Waals surface area contributed by atoms with Crippen molar-refractivity contribution in [3.8, 4) is 23.1 Å². The Hall–Kier alpha value is -3.32. The third-order valence-corrected chi connectivity index (χ3v) is 11.8. The van der Waals surface area contributed by atoms with Gasteiger partial charge in [0.1, 0.15) is 28.0 Å². The average molecular weight is 692 g/mol. The van der Waals surface area contributed by atoms with Crippen LogP contribution in [0.2, 0.25) is 5.02 Å². The van der Waals surface area contributed by atoms with Gasteiger partial charge in [0.25, 0.3) is 0 Å². The lowest BCUT2D eigenvalue weighted by molar-refractivity contribution is -0.0123. The molecule has 3 atom stereocenters. The van der Waals surface area contributed by atoms with E-state index >= 15 is 4.39 Å². The highest BCUT2D eigenvalue weighted by atomic mass is 35.5. The number of aromatic amines is 1. The molecule has 0 amide bonds. The lowest BCUT2D eigenvalue weighted by Gasteiger charge is -2.46. The molecule has 2 N–H and O–H groups in total. The molecule has 0 spiro atoms. The van der Waals surface area contributed by atoms with E-state index < -0.39 is 11.4 Å². The fourth-order valence-corrected chi connectivity index (χ4v) is 9.34. The van der Waals surface area contributed by atoms with Crippen LogP contribution in [0.3, 0.4) is 0 Å². The van der Waals surface area contributed by atoms with Gasteiger partial charge in [0.05, 0.1) is 45.2 Å². The first-order chi connectivity index (χ1) is 23.7. The first-order valence-corrected chi connectivity index (χ1v) is 18.2. The largest absolute Gasteiger partial charge is 0.480 e. The summed E-state index contributed by atoms with van der Waals surface area (Å²) in [5.74, 6) is 0.167. The van der Waals surface area contributed by atoms with Gasteiger partial charge in [-0.3, -0.25) is 10.00 Å². The smallest absolute Gasteiger partial charge is 0.319 e. The molecule has 3 unspecified atom stereocenters. The summed E-state index contributed by atoms with van der Waals surface area (Å²) in [6.45, 7) is 4.52. The van der Waals surface area contributed by atoms with Crippen molar-refractivity contribution in [2.75, 3.05) is 51.5 Å². The molecular weight excluding hydrogens is 649 g/mol. The molecule has 11 nitrogen and oxygen atoms in total. The Kier molecular flexibility index (Phi) is 7.68. The second kappa shape index (κ2) is 11.9. The maximum absolute atomic E-state index is 17.4.